The number of thioether (sulfide) groups is 1. The van der Waals surface area contributed by atoms with Crippen molar-refractivity contribution in [3.8, 4) is 0 Å². The lowest BCUT2D eigenvalue weighted by Crippen LogP contribution is -2.25. The van der Waals surface area contributed by atoms with Crippen LogP contribution in [0.25, 0.3) is 0 Å². The van der Waals surface area contributed by atoms with Crippen molar-refractivity contribution < 1.29 is 5.11 Å². The molecule has 1 saturated heterocycles. The molecule has 0 radical (unpaired) electrons. The second-order valence-corrected chi connectivity index (χ2v) is 5.74. The third kappa shape index (κ3) is 1.68. The van der Waals surface area contributed by atoms with Gasteiger partial charge >= 0.3 is 0 Å². The van der Waals surface area contributed by atoms with E-state index in [4.69, 9.17) is 0 Å². The standard InChI is InChI=1S/C10H16N2OS/c1-10(4-3-5-14-10)9(13)8-6-11-12(2)7-8/h6-7,9,13H,3-5H2,1-2H3. The summed E-state index contributed by atoms with van der Waals surface area (Å²) in [6, 6.07) is 0. The molecule has 2 unspecified atom stereocenters. The van der Waals surface area contributed by atoms with E-state index in [1.807, 2.05) is 25.0 Å². The second kappa shape index (κ2) is 3.59. The van der Waals surface area contributed by atoms with Crippen LogP contribution in [-0.4, -0.2) is 25.4 Å². The highest BCUT2D eigenvalue weighted by atomic mass is 32.2. The molecule has 1 aromatic heterocycles. The molecule has 4 heteroatoms. The van der Waals surface area contributed by atoms with Gasteiger partial charge in [-0.05, 0) is 25.5 Å². The maximum absolute atomic E-state index is 10.2. The van der Waals surface area contributed by atoms with Crippen LogP contribution in [0.5, 0.6) is 0 Å². The monoisotopic (exact) mass is 212 g/mol. The molecule has 0 aliphatic carbocycles. The molecule has 2 heterocycles. The molecule has 1 aromatic rings. The number of hydrogen-bond donors (Lipinski definition) is 1. The summed E-state index contributed by atoms with van der Waals surface area (Å²) in [4.78, 5) is 0. The molecule has 14 heavy (non-hydrogen) atoms. The Hall–Kier alpha value is -0.480. The summed E-state index contributed by atoms with van der Waals surface area (Å²) in [7, 11) is 1.88. The van der Waals surface area contributed by atoms with Crippen LogP contribution in [0.3, 0.4) is 0 Å². The lowest BCUT2D eigenvalue weighted by atomic mass is 9.95. The van der Waals surface area contributed by atoms with Crippen LogP contribution in [0.1, 0.15) is 31.4 Å². The van der Waals surface area contributed by atoms with Crippen LogP contribution in [0.2, 0.25) is 0 Å². The zero-order valence-electron chi connectivity index (χ0n) is 8.60. The highest BCUT2D eigenvalue weighted by Crippen LogP contribution is 2.46. The van der Waals surface area contributed by atoms with Gasteiger partial charge in [0.2, 0.25) is 0 Å². The number of rotatable bonds is 2. The van der Waals surface area contributed by atoms with Gasteiger partial charge in [-0.15, -0.1) is 0 Å². The molecule has 1 aliphatic heterocycles. The van der Waals surface area contributed by atoms with E-state index in [1.165, 1.54) is 6.42 Å². The normalized spacial score (nSPS) is 29.4. The van der Waals surface area contributed by atoms with Crippen LogP contribution < -0.4 is 0 Å². The van der Waals surface area contributed by atoms with Gasteiger partial charge in [-0.2, -0.15) is 16.9 Å². The third-order valence-electron chi connectivity index (χ3n) is 2.87. The smallest absolute Gasteiger partial charge is 0.0964 e. The first kappa shape index (κ1) is 10.1. The van der Waals surface area contributed by atoms with Gasteiger partial charge in [-0.1, -0.05) is 0 Å². The van der Waals surface area contributed by atoms with Gasteiger partial charge < -0.3 is 5.11 Å². The first-order valence-electron chi connectivity index (χ1n) is 4.92. The fraction of sp³-hybridized carbons (Fsp3) is 0.700. The van der Waals surface area contributed by atoms with E-state index < -0.39 is 0 Å². The quantitative estimate of drug-likeness (QED) is 0.811. The molecule has 0 spiro atoms. The highest BCUT2D eigenvalue weighted by molar-refractivity contribution is 8.00. The summed E-state index contributed by atoms with van der Waals surface area (Å²) < 4.78 is 1.73. The van der Waals surface area contributed by atoms with E-state index in [2.05, 4.69) is 12.0 Å². The first-order chi connectivity index (χ1) is 6.62. The van der Waals surface area contributed by atoms with Crippen LogP contribution >= 0.6 is 11.8 Å². The van der Waals surface area contributed by atoms with E-state index in [0.717, 1.165) is 17.7 Å². The Labute approximate surface area is 88.5 Å². The Balaban J connectivity index is 2.18. The van der Waals surface area contributed by atoms with Crippen LogP contribution in [0, 0.1) is 0 Å². The number of nitrogens with zero attached hydrogens (tertiary/aromatic N) is 2. The summed E-state index contributed by atoms with van der Waals surface area (Å²) in [5, 5.41) is 14.3. The second-order valence-electron chi connectivity index (χ2n) is 4.11. The number of aliphatic hydroxyl groups is 1. The van der Waals surface area contributed by atoms with Crippen molar-refractivity contribution >= 4 is 11.8 Å². The Morgan fingerprint density at radius 2 is 2.50 bits per heavy atom. The predicted molar refractivity (Wildman–Crippen MR) is 58.3 cm³/mol. The number of hydrogen-bond acceptors (Lipinski definition) is 3. The third-order valence-corrected chi connectivity index (χ3v) is 4.45. The maximum atomic E-state index is 10.2. The van der Waals surface area contributed by atoms with E-state index >= 15 is 0 Å². The fourth-order valence-electron chi connectivity index (χ4n) is 1.95. The lowest BCUT2D eigenvalue weighted by molar-refractivity contribution is 0.135. The van der Waals surface area contributed by atoms with Gasteiger partial charge in [-0.3, -0.25) is 4.68 Å². The summed E-state index contributed by atoms with van der Waals surface area (Å²) in [6.45, 7) is 2.14. The van der Waals surface area contributed by atoms with Crippen molar-refractivity contribution in [2.24, 2.45) is 7.05 Å². The minimum absolute atomic E-state index is 0.0109. The Morgan fingerprint density at radius 3 is 3.00 bits per heavy atom. The SMILES string of the molecule is Cn1cc(C(O)C2(C)CCCS2)cn1. The maximum Gasteiger partial charge on any atom is 0.0964 e. The molecule has 0 aromatic carbocycles. The van der Waals surface area contributed by atoms with Crippen molar-refractivity contribution in [1.29, 1.82) is 0 Å². The molecule has 1 N–H and O–H groups in total. The summed E-state index contributed by atoms with van der Waals surface area (Å²) in [5.41, 5.74) is 0.935. The van der Waals surface area contributed by atoms with Crippen molar-refractivity contribution in [3.63, 3.8) is 0 Å². The Kier molecular flexibility index (Phi) is 2.58. The highest BCUT2D eigenvalue weighted by Gasteiger charge is 2.38. The van der Waals surface area contributed by atoms with Crippen molar-refractivity contribution in [3.05, 3.63) is 18.0 Å². The minimum atomic E-state index is -0.385. The number of aromatic nitrogens is 2. The van der Waals surface area contributed by atoms with Crippen molar-refractivity contribution in [1.82, 2.24) is 9.78 Å². The summed E-state index contributed by atoms with van der Waals surface area (Å²) in [5.74, 6) is 1.16. The molecular weight excluding hydrogens is 196 g/mol. The fourth-order valence-corrected chi connectivity index (χ4v) is 3.29. The predicted octanol–water partition coefficient (Wildman–Crippen LogP) is 1.74. The number of aliphatic hydroxyl groups excluding tert-OH is 1. The molecule has 2 rings (SSSR count). The number of aryl methyl sites for hydroxylation is 1. The van der Waals surface area contributed by atoms with Crippen molar-refractivity contribution in [2.45, 2.75) is 30.6 Å². The zero-order valence-corrected chi connectivity index (χ0v) is 9.42. The average Bonchev–Trinajstić information content (AvgIpc) is 2.74. The molecule has 0 saturated carbocycles. The van der Waals surface area contributed by atoms with Crippen LogP contribution in [-0.2, 0) is 7.05 Å². The molecule has 0 amide bonds. The molecule has 1 fully saturated rings. The van der Waals surface area contributed by atoms with Gasteiger partial charge in [0.05, 0.1) is 12.3 Å². The Bertz CT molecular complexity index is 318. The van der Waals surface area contributed by atoms with Gasteiger partial charge in [0.15, 0.2) is 0 Å². The molecular formula is C10H16N2OS. The van der Waals surface area contributed by atoms with E-state index in [1.54, 1.807) is 10.9 Å². The van der Waals surface area contributed by atoms with Gasteiger partial charge in [-0.25, -0.2) is 0 Å². The summed E-state index contributed by atoms with van der Waals surface area (Å²) >= 11 is 1.87. The van der Waals surface area contributed by atoms with Gasteiger partial charge in [0.1, 0.15) is 0 Å². The molecule has 1 aliphatic rings. The van der Waals surface area contributed by atoms with E-state index in [0.29, 0.717) is 0 Å². The van der Waals surface area contributed by atoms with Crippen molar-refractivity contribution in [2.75, 3.05) is 5.75 Å². The first-order valence-corrected chi connectivity index (χ1v) is 5.91. The molecule has 2 atom stereocenters. The molecule has 78 valence electrons. The van der Waals surface area contributed by atoms with Gasteiger partial charge in [0.25, 0.3) is 0 Å². The topological polar surface area (TPSA) is 38.0 Å². The molecule has 3 nitrogen and oxygen atoms in total. The van der Waals surface area contributed by atoms with Gasteiger partial charge in [0, 0.05) is 23.6 Å². The largest absolute Gasteiger partial charge is 0.387 e. The average molecular weight is 212 g/mol. The Morgan fingerprint density at radius 1 is 1.71 bits per heavy atom. The van der Waals surface area contributed by atoms with E-state index in [9.17, 15) is 5.11 Å². The van der Waals surface area contributed by atoms with Crippen LogP contribution in [0.4, 0.5) is 0 Å². The van der Waals surface area contributed by atoms with Crippen LogP contribution in [0.15, 0.2) is 12.4 Å². The zero-order chi connectivity index (χ0) is 10.2. The van der Waals surface area contributed by atoms with E-state index in [-0.39, 0.29) is 10.9 Å². The summed E-state index contributed by atoms with van der Waals surface area (Å²) in [6.07, 6.45) is 5.57. The molecule has 0 bridgehead atoms. The minimum Gasteiger partial charge on any atom is -0.387 e. The lowest BCUT2D eigenvalue weighted by Gasteiger charge is -2.28.